The predicted octanol–water partition coefficient (Wildman–Crippen LogP) is 5.84. The van der Waals surface area contributed by atoms with Crippen LogP contribution in [-0.2, 0) is 4.79 Å². The lowest BCUT2D eigenvalue weighted by Crippen LogP contribution is -2.32. The van der Waals surface area contributed by atoms with Crippen molar-refractivity contribution in [2.24, 2.45) is 0 Å². The van der Waals surface area contributed by atoms with E-state index in [2.05, 4.69) is 16.5 Å². The van der Waals surface area contributed by atoms with Gasteiger partial charge in [0.1, 0.15) is 5.82 Å². The van der Waals surface area contributed by atoms with Crippen LogP contribution in [0.25, 0.3) is 5.69 Å². The number of Topliss-reactive ketones (excluding diaryl/α,β-unsaturated/α-hetero) is 1. The average Bonchev–Trinajstić information content (AvgIpc) is 3.47. The molecule has 0 saturated heterocycles. The number of aromatic nitrogens is 2. The van der Waals surface area contributed by atoms with Gasteiger partial charge in [-0.15, -0.1) is 11.3 Å². The van der Waals surface area contributed by atoms with Crippen LogP contribution < -0.4 is 10.9 Å². The molecule has 0 amide bonds. The zero-order valence-corrected chi connectivity index (χ0v) is 19.1. The molecule has 0 spiro atoms. The number of para-hydroxylation sites is 1. The standard InChI is InChI=1S/C26H20ClN3O2S/c27-18-10-5-4-9-17(18)22-23-19(13-15(14-20(23)31)21-11-6-12-33-21)28-25-24(22)26(32)30(29-25)16-7-2-1-3-8-16/h1-12,15,22,28-29H,13-14H2. The molecule has 6 rings (SSSR count). The molecule has 0 radical (unpaired) electrons. The van der Waals surface area contributed by atoms with Crippen molar-refractivity contribution in [2.75, 3.05) is 5.32 Å². The largest absolute Gasteiger partial charge is 0.343 e. The summed E-state index contributed by atoms with van der Waals surface area (Å²) < 4.78 is 1.53. The monoisotopic (exact) mass is 473 g/mol. The van der Waals surface area contributed by atoms with Crippen LogP contribution in [0.1, 0.15) is 40.7 Å². The molecule has 1 aliphatic heterocycles. The number of rotatable bonds is 3. The fourth-order valence-corrected chi connectivity index (χ4v) is 6.07. The minimum Gasteiger partial charge on any atom is -0.343 e. The van der Waals surface area contributed by atoms with Gasteiger partial charge in [-0.3, -0.25) is 14.7 Å². The van der Waals surface area contributed by atoms with Gasteiger partial charge >= 0.3 is 0 Å². The maximum absolute atomic E-state index is 13.7. The van der Waals surface area contributed by atoms with Crippen LogP contribution in [0.4, 0.5) is 5.82 Å². The van der Waals surface area contributed by atoms with Crippen LogP contribution in [0.2, 0.25) is 5.02 Å². The topological polar surface area (TPSA) is 66.9 Å². The van der Waals surface area contributed by atoms with Crippen molar-refractivity contribution in [3.8, 4) is 5.69 Å². The van der Waals surface area contributed by atoms with Gasteiger partial charge in [0.05, 0.1) is 11.3 Å². The minimum atomic E-state index is -0.518. The number of hydrogen-bond donors (Lipinski definition) is 2. The molecule has 2 unspecified atom stereocenters. The highest BCUT2D eigenvalue weighted by Gasteiger charge is 2.41. The third-order valence-electron chi connectivity index (χ3n) is 6.46. The second kappa shape index (κ2) is 7.90. The first kappa shape index (κ1) is 20.3. The summed E-state index contributed by atoms with van der Waals surface area (Å²) in [4.78, 5) is 28.4. The summed E-state index contributed by atoms with van der Waals surface area (Å²) in [5, 5.41) is 9.24. The number of fused-ring (bicyclic) bond motifs is 1. The van der Waals surface area contributed by atoms with Gasteiger partial charge in [-0.2, -0.15) is 0 Å². The lowest BCUT2D eigenvalue weighted by Gasteiger charge is -2.34. The van der Waals surface area contributed by atoms with Gasteiger partial charge in [-0.1, -0.05) is 54.1 Å². The summed E-state index contributed by atoms with van der Waals surface area (Å²) in [6.45, 7) is 0. The lowest BCUT2D eigenvalue weighted by atomic mass is 9.74. The summed E-state index contributed by atoms with van der Waals surface area (Å²) in [6.07, 6.45) is 1.13. The molecule has 2 aliphatic rings. The van der Waals surface area contributed by atoms with Gasteiger partial charge in [0.25, 0.3) is 5.56 Å². The number of anilines is 1. The van der Waals surface area contributed by atoms with Crippen LogP contribution in [0.15, 0.2) is 88.2 Å². The van der Waals surface area contributed by atoms with Gasteiger partial charge in [0, 0.05) is 39.4 Å². The molecule has 3 heterocycles. The number of thiophene rings is 1. The number of carbonyl (C=O) groups excluding carboxylic acids is 1. The number of aromatic amines is 1. The van der Waals surface area contributed by atoms with Crippen molar-refractivity contribution < 1.29 is 4.79 Å². The molecular weight excluding hydrogens is 454 g/mol. The van der Waals surface area contributed by atoms with Crippen molar-refractivity contribution in [3.05, 3.63) is 115 Å². The molecular formula is C26H20ClN3O2S. The van der Waals surface area contributed by atoms with Crippen LogP contribution in [0, 0.1) is 0 Å². The Hall–Kier alpha value is -3.35. The maximum Gasteiger partial charge on any atom is 0.277 e. The number of nitrogens with one attached hydrogen (secondary N) is 2. The van der Waals surface area contributed by atoms with E-state index in [1.807, 2.05) is 66.0 Å². The van der Waals surface area contributed by atoms with E-state index < -0.39 is 5.92 Å². The average molecular weight is 474 g/mol. The van der Waals surface area contributed by atoms with E-state index in [4.69, 9.17) is 11.6 Å². The van der Waals surface area contributed by atoms with Crippen LogP contribution >= 0.6 is 22.9 Å². The van der Waals surface area contributed by atoms with Crippen molar-refractivity contribution in [1.29, 1.82) is 0 Å². The first-order chi connectivity index (χ1) is 16.1. The Morgan fingerprint density at radius 1 is 0.939 bits per heavy atom. The highest BCUT2D eigenvalue weighted by molar-refractivity contribution is 7.10. The molecule has 2 aromatic carbocycles. The normalized spacial score (nSPS) is 19.7. The molecule has 7 heteroatoms. The molecule has 4 aromatic rings. The Morgan fingerprint density at radius 3 is 2.48 bits per heavy atom. The lowest BCUT2D eigenvalue weighted by molar-refractivity contribution is -0.116. The fraction of sp³-hybridized carbons (Fsp3) is 0.154. The van der Waals surface area contributed by atoms with Gasteiger partial charge in [0.15, 0.2) is 5.78 Å². The molecule has 1 aliphatic carbocycles. The Labute approximate surface area is 199 Å². The third kappa shape index (κ3) is 3.29. The molecule has 2 atom stereocenters. The molecule has 2 N–H and O–H groups in total. The number of hydrogen-bond acceptors (Lipinski definition) is 4. The second-order valence-corrected chi connectivity index (χ2v) is 9.78. The Kier molecular flexibility index (Phi) is 4.85. The number of carbonyl (C=O) groups is 1. The van der Waals surface area contributed by atoms with Gasteiger partial charge < -0.3 is 5.32 Å². The highest BCUT2D eigenvalue weighted by atomic mass is 35.5. The summed E-state index contributed by atoms with van der Waals surface area (Å²) in [5.74, 6) is 0.285. The first-order valence-electron chi connectivity index (χ1n) is 10.8. The van der Waals surface area contributed by atoms with E-state index in [1.165, 1.54) is 9.56 Å². The number of halogens is 1. The van der Waals surface area contributed by atoms with E-state index in [9.17, 15) is 9.59 Å². The third-order valence-corrected chi connectivity index (χ3v) is 7.84. The molecule has 2 aromatic heterocycles. The van der Waals surface area contributed by atoms with E-state index in [1.54, 1.807) is 11.3 Å². The summed E-state index contributed by atoms with van der Waals surface area (Å²) in [5.41, 5.74) is 3.36. The smallest absolute Gasteiger partial charge is 0.277 e. The zero-order valence-electron chi connectivity index (χ0n) is 17.5. The first-order valence-corrected chi connectivity index (χ1v) is 12.1. The number of ketones is 1. The highest BCUT2D eigenvalue weighted by Crippen LogP contribution is 2.48. The molecule has 0 bridgehead atoms. The zero-order chi connectivity index (χ0) is 22.5. The summed E-state index contributed by atoms with van der Waals surface area (Å²) >= 11 is 8.29. The second-order valence-electron chi connectivity index (χ2n) is 8.39. The minimum absolute atomic E-state index is 0.0598. The number of benzene rings is 2. The summed E-state index contributed by atoms with van der Waals surface area (Å²) in [7, 11) is 0. The maximum atomic E-state index is 13.7. The molecule has 0 fully saturated rings. The van der Waals surface area contributed by atoms with Gasteiger partial charge in [-0.05, 0) is 41.6 Å². The number of nitrogens with zero attached hydrogens (tertiary/aromatic N) is 1. The Bertz CT molecular complexity index is 1450. The Morgan fingerprint density at radius 2 is 1.73 bits per heavy atom. The van der Waals surface area contributed by atoms with Crippen molar-refractivity contribution in [2.45, 2.75) is 24.7 Å². The van der Waals surface area contributed by atoms with Crippen LogP contribution in [-0.4, -0.2) is 15.6 Å². The summed E-state index contributed by atoms with van der Waals surface area (Å²) in [6, 6.07) is 21.0. The van der Waals surface area contributed by atoms with E-state index >= 15 is 0 Å². The number of allylic oxidation sites excluding steroid dienone is 2. The van der Waals surface area contributed by atoms with E-state index in [0.29, 0.717) is 34.8 Å². The van der Waals surface area contributed by atoms with Crippen molar-refractivity contribution >= 4 is 34.5 Å². The fourth-order valence-electron chi connectivity index (χ4n) is 5.00. The Balaban J connectivity index is 1.55. The van der Waals surface area contributed by atoms with E-state index in [0.717, 1.165) is 16.9 Å². The van der Waals surface area contributed by atoms with E-state index in [-0.39, 0.29) is 17.3 Å². The molecule has 164 valence electrons. The van der Waals surface area contributed by atoms with Crippen molar-refractivity contribution in [1.82, 2.24) is 9.78 Å². The molecule has 33 heavy (non-hydrogen) atoms. The van der Waals surface area contributed by atoms with Crippen LogP contribution in [0.3, 0.4) is 0 Å². The molecule has 5 nitrogen and oxygen atoms in total. The van der Waals surface area contributed by atoms with Crippen molar-refractivity contribution in [3.63, 3.8) is 0 Å². The molecule has 0 saturated carbocycles. The quantitative estimate of drug-likeness (QED) is 0.393. The van der Waals surface area contributed by atoms with Gasteiger partial charge in [0.2, 0.25) is 0 Å². The SMILES string of the molecule is O=C1CC(c2cccs2)CC2=C1C(c1ccccc1Cl)c1c([nH]n(-c3ccccc3)c1=O)N2. The number of H-pyrrole nitrogens is 1. The van der Waals surface area contributed by atoms with Crippen LogP contribution in [0.5, 0.6) is 0 Å². The predicted molar refractivity (Wildman–Crippen MR) is 132 cm³/mol. The van der Waals surface area contributed by atoms with Gasteiger partial charge in [-0.25, -0.2) is 4.68 Å².